The molecule has 0 N–H and O–H groups in total. The van der Waals surface area contributed by atoms with Crippen molar-refractivity contribution in [2.75, 3.05) is 9.80 Å². The monoisotopic (exact) mass is 804 g/mol. The fourth-order valence-electron chi connectivity index (χ4n) is 9.63. The molecule has 0 spiro atoms. The topological polar surface area (TPSA) is 19.6 Å². The number of thiophene rings is 1. The molecule has 2 aromatic heterocycles. The van der Waals surface area contributed by atoms with E-state index in [0.717, 1.165) is 16.9 Å². The van der Waals surface area contributed by atoms with Crippen molar-refractivity contribution >= 4 is 99.9 Å². The Hall–Kier alpha value is -5.26. The molecule has 0 aliphatic carbocycles. The summed E-state index contributed by atoms with van der Waals surface area (Å²) < 4.78 is 9.65. The summed E-state index contributed by atoms with van der Waals surface area (Å²) in [5.74, 6) is 0. The molecular formula is C55H57BN2OS. The number of benzene rings is 6. The van der Waals surface area contributed by atoms with Gasteiger partial charge in [0.05, 0.1) is 11.1 Å². The highest BCUT2D eigenvalue weighted by molar-refractivity contribution is 7.34. The molecule has 0 unspecified atom stereocenters. The molecule has 0 radical (unpaired) electrons. The van der Waals surface area contributed by atoms with Crippen LogP contribution in [-0.4, -0.2) is 6.71 Å². The largest absolute Gasteiger partial charge is 0.455 e. The summed E-state index contributed by atoms with van der Waals surface area (Å²) in [7, 11) is 0. The van der Waals surface area contributed by atoms with Crippen LogP contribution in [0, 0.1) is 6.92 Å². The Morgan fingerprint density at radius 1 is 0.500 bits per heavy atom. The normalized spacial score (nSPS) is 14.3. The molecule has 5 heteroatoms. The first-order chi connectivity index (χ1) is 28.2. The summed E-state index contributed by atoms with van der Waals surface area (Å²) in [6, 6.07) is 42.2. The van der Waals surface area contributed by atoms with Crippen LogP contribution in [0.1, 0.15) is 111 Å². The van der Waals surface area contributed by atoms with Crippen LogP contribution in [-0.2, 0) is 21.7 Å². The van der Waals surface area contributed by atoms with E-state index in [1.54, 1.807) is 0 Å². The lowest BCUT2D eigenvalue weighted by Crippen LogP contribution is -2.60. The minimum absolute atomic E-state index is 0.0184. The molecule has 6 aromatic carbocycles. The average Bonchev–Trinajstić information content (AvgIpc) is 3.74. The number of furan rings is 1. The van der Waals surface area contributed by atoms with Crippen molar-refractivity contribution in [1.29, 1.82) is 0 Å². The highest BCUT2D eigenvalue weighted by Gasteiger charge is 2.46. The van der Waals surface area contributed by atoms with Crippen molar-refractivity contribution in [2.45, 2.75) is 112 Å². The highest BCUT2D eigenvalue weighted by atomic mass is 32.1. The van der Waals surface area contributed by atoms with Gasteiger partial charge in [-0.3, -0.25) is 0 Å². The Kier molecular flexibility index (Phi) is 8.35. The second kappa shape index (κ2) is 12.9. The van der Waals surface area contributed by atoms with Crippen molar-refractivity contribution < 1.29 is 4.42 Å². The van der Waals surface area contributed by atoms with Gasteiger partial charge in [-0.25, -0.2) is 0 Å². The summed E-state index contributed by atoms with van der Waals surface area (Å²) in [6.07, 6.45) is 0. The van der Waals surface area contributed by atoms with Crippen LogP contribution in [0.15, 0.2) is 114 Å². The maximum atomic E-state index is 7.04. The van der Waals surface area contributed by atoms with Crippen molar-refractivity contribution in [3.8, 4) is 0 Å². The number of aryl methyl sites for hydroxylation is 1. The van der Waals surface area contributed by atoms with Crippen molar-refractivity contribution in [3.63, 3.8) is 0 Å². The molecule has 0 atom stereocenters. The zero-order valence-corrected chi connectivity index (χ0v) is 38.5. The lowest BCUT2D eigenvalue weighted by Gasteiger charge is -2.44. The lowest BCUT2D eigenvalue weighted by molar-refractivity contribution is 0.590. The summed E-state index contributed by atoms with van der Waals surface area (Å²) >= 11 is 1.94. The molecule has 0 saturated heterocycles. The molecule has 2 aliphatic rings. The predicted molar refractivity (Wildman–Crippen MR) is 263 cm³/mol. The molecule has 4 heterocycles. The molecular weight excluding hydrogens is 747 g/mol. The number of anilines is 6. The van der Waals surface area contributed by atoms with Gasteiger partial charge in [-0.05, 0) is 134 Å². The van der Waals surface area contributed by atoms with Gasteiger partial charge in [0.15, 0.2) is 0 Å². The van der Waals surface area contributed by atoms with Gasteiger partial charge in [-0.15, -0.1) is 11.3 Å². The lowest BCUT2D eigenvalue weighted by atomic mass is 9.36. The maximum Gasteiger partial charge on any atom is 0.264 e. The van der Waals surface area contributed by atoms with Crippen LogP contribution in [0.4, 0.5) is 34.1 Å². The second-order valence-corrected chi connectivity index (χ2v) is 22.7. The number of fused-ring (bicyclic) bond motifs is 10. The predicted octanol–water partition coefficient (Wildman–Crippen LogP) is 14.4. The number of rotatable bonds is 2. The number of hydrogen-bond acceptors (Lipinski definition) is 4. The molecule has 302 valence electrons. The van der Waals surface area contributed by atoms with Crippen LogP contribution in [0.25, 0.3) is 32.0 Å². The van der Waals surface area contributed by atoms with E-state index >= 15 is 0 Å². The molecule has 2 aliphatic heterocycles. The third kappa shape index (κ3) is 5.97. The average molecular weight is 805 g/mol. The third-order valence-corrected chi connectivity index (χ3v) is 14.3. The molecule has 0 bridgehead atoms. The van der Waals surface area contributed by atoms with Gasteiger partial charge in [-0.1, -0.05) is 126 Å². The van der Waals surface area contributed by atoms with Crippen molar-refractivity contribution in [3.05, 3.63) is 137 Å². The minimum Gasteiger partial charge on any atom is -0.455 e. The summed E-state index contributed by atoms with van der Waals surface area (Å²) in [6.45, 7) is 29.9. The van der Waals surface area contributed by atoms with Crippen molar-refractivity contribution in [2.24, 2.45) is 0 Å². The van der Waals surface area contributed by atoms with E-state index in [1.807, 2.05) is 11.3 Å². The zero-order valence-electron chi connectivity index (χ0n) is 37.7. The fraction of sp³-hybridized carbons (Fsp3) is 0.309. The smallest absolute Gasteiger partial charge is 0.264 e. The van der Waals surface area contributed by atoms with Crippen LogP contribution < -0.4 is 25.5 Å². The third-order valence-electron chi connectivity index (χ3n) is 13.1. The minimum atomic E-state index is -0.0184. The molecule has 0 amide bonds. The zero-order chi connectivity index (χ0) is 42.4. The molecule has 0 fully saturated rings. The Labute approximate surface area is 361 Å². The first-order valence-electron chi connectivity index (χ1n) is 21.7. The first-order valence-corrected chi connectivity index (χ1v) is 22.5. The fourth-order valence-corrected chi connectivity index (χ4v) is 10.9. The Morgan fingerprint density at radius 2 is 1.02 bits per heavy atom. The molecule has 0 saturated carbocycles. The van der Waals surface area contributed by atoms with Gasteiger partial charge in [0.25, 0.3) is 6.71 Å². The van der Waals surface area contributed by atoms with Gasteiger partial charge in [0.1, 0.15) is 11.2 Å². The van der Waals surface area contributed by atoms with Gasteiger partial charge in [0, 0.05) is 48.7 Å². The van der Waals surface area contributed by atoms with E-state index in [-0.39, 0.29) is 28.4 Å². The van der Waals surface area contributed by atoms with E-state index in [9.17, 15) is 0 Å². The van der Waals surface area contributed by atoms with Gasteiger partial charge in [-0.2, -0.15) is 0 Å². The van der Waals surface area contributed by atoms with Crippen LogP contribution in [0.5, 0.6) is 0 Å². The van der Waals surface area contributed by atoms with Crippen LogP contribution in [0.3, 0.4) is 0 Å². The summed E-state index contributed by atoms with van der Waals surface area (Å²) in [4.78, 5) is 5.12. The second-order valence-electron chi connectivity index (χ2n) is 21.6. The standard InChI is InChI=1S/C55H57BN2OS/c1-32-28-43-48-44(29-32)58(38-22-16-34(17-23-38)53(5,6)7)49-47-46(27-24-39-40-30-35(54(8,9)10)19-26-45(40)59-50(39)47)60-51(49)56(48)41-31-36(55(11,12)13)18-25-42(41)57(43)37-20-14-33(15-21-37)52(2,3)4/h14-31H,1-13H3. The van der Waals surface area contributed by atoms with E-state index in [1.165, 1.54) is 92.8 Å². The number of nitrogens with zero attached hydrogens (tertiary/aromatic N) is 2. The van der Waals surface area contributed by atoms with Gasteiger partial charge >= 0.3 is 0 Å². The van der Waals surface area contributed by atoms with E-state index in [4.69, 9.17) is 4.42 Å². The molecule has 10 rings (SSSR count). The quantitative estimate of drug-likeness (QED) is 0.162. The molecule has 8 aromatic rings. The molecule has 60 heavy (non-hydrogen) atoms. The summed E-state index contributed by atoms with van der Waals surface area (Å²) in [5, 5.41) is 3.55. The number of hydrogen-bond donors (Lipinski definition) is 0. The SMILES string of the molecule is Cc1cc2c3c(c1)N(c1ccc(C(C)(C)C)cc1)c1c(sc4ccc5c6cc(C(C)(C)C)ccc6oc5c14)B3c1cc(C(C)(C)C)ccc1N2c1ccc(C(C)(C)C)cc1. The van der Waals surface area contributed by atoms with Gasteiger partial charge < -0.3 is 14.2 Å². The maximum absolute atomic E-state index is 7.04. The van der Waals surface area contributed by atoms with E-state index in [0.29, 0.717) is 0 Å². The highest BCUT2D eigenvalue weighted by Crippen LogP contribution is 2.51. The Morgan fingerprint density at radius 3 is 1.60 bits per heavy atom. The van der Waals surface area contributed by atoms with Gasteiger partial charge in [0.2, 0.25) is 0 Å². The Bertz CT molecular complexity index is 3030. The van der Waals surface area contributed by atoms with E-state index in [2.05, 4.69) is 209 Å². The molecule has 3 nitrogen and oxygen atoms in total. The first kappa shape index (κ1) is 38.9. The Balaban J connectivity index is 1.32. The van der Waals surface area contributed by atoms with Crippen molar-refractivity contribution in [1.82, 2.24) is 0 Å². The van der Waals surface area contributed by atoms with E-state index < -0.39 is 0 Å². The van der Waals surface area contributed by atoms with Crippen LogP contribution in [0.2, 0.25) is 0 Å². The summed E-state index contributed by atoms with van der Waals surface area (Å²) in [5.41, 5.74) is 18.6. The van der Waals surface area contributed by atoms with Crippen LogP contribution >= 0.6 is 11.3 Å².